The van der Waals surface area contributed by atoms with Crippen molar-refractivity contribution in [1.82, 2.24) is 0 Å². The number of carbonyl (C=O) groups excluding carboxylic acids is 7. The molecule has 0 spiro atoms. The highest BCUT2D eigenvalue weighted by molar-refractivity contribution is 8.00. The van der Waals surface area contributed by atoms with Crippen LogP contribution in [0.25, 0.3) is 0 Å². The van der Waals surface area contributed by atoms with Crippen LogP contribution in [-0.2, 0) is 33.6 Å². The van der Waals surface area contributed by atoms with Crippen molar-refractivity contribution in [2.45, 2.75) is 98.3 Å². The summed E-state index contributed by atoms with van der Waals surface area (Å²) < 4.78 is 0. The van der Waals surface area contributed by atoms with Gasteiger partial charge in [0.05, 0.1) is 30.1 Å². The minimum Gasteiger partial charge on any atom is -0.300 e. The van der Waals surface area contributed by atoms with Crippen LogP contribution in [-0.4, -0.2) is 75.0 Å². The maximum Gasteiger partial charge on any atom is 0.142 e. The first kappa shape index (κ1) is 38.9. The van der Waals surface area contributed by atoms with E-state index in [2.05, 4.69) is 13.8 Å². The summed E-state index contributed by atoms with van der Waals surface area (Å²) in [5.74, 6) is 4.27. The topological polar surface area (TPSA) is 119 Å². The first-order valence-corrected chi connectivity index (χ1v) is 16.8. The summed E-state index contributed by atoms with van der Waals surface area (Å²) in [7, 11) is 0. The van der Waals surface area contributed by atoms with E-state index in [1.165, 1.54) is 25.6 Å². The third-order valence-corrected chi connectivity index (χ3v) is 8.19. The van der Waals surface area contributed by atoms with Crippen molar-refractivity contribution < 1.29 is 33.6 Å². The molecule has 7 nitrogen and oxygen atoms in total. The third-order valence-electron chi connectivity index (χ3n) is 4.73. The van der Waals surface area contributed by atoms with Crippen LogP contribution in [0.15, 0.2) is 0 Å². The fourth-order valence-electron chi connectivity index (χ4n) is 2.95. The largest absolute Gasteiger partial charge is 0.300 e. The van der Waals surface area contributed by atoms with Gasteiger partial charge in [0.15, 0.2) is 0 Å². The highest BCUT2D eigenvalue weighted by Crippen LogP contribution is 2.10. The monoisotopic (exact) mass is 590 g/mol. The van der Waals surface area contributed by atoms with E-state index in [1.54, 1.807) is 23.5 Å². The Morgan fingerprint density at radius 1 is 0.447 bits per heavy atom. The Kier molecular flexibility index (Phi) is 27.9. The van der Waals surface area contributed by atoms with Crippen molar-refractivity contribution in [2.24, 2.45) is 0 Å². The molecule has 0 fully saturated rings. The molecule has 0 amide bonds. The van der Waals surface area contributed by atoms with Gasteiger partial charge in [0.1, 0.15) is 40.5 Å². The highest BCUT2D eigenvalue weighted by Gasteiger charge is 2.09. The zero-order valence-corrected chi connectivity index (χ0v) is 26.1. The van der Waals surface area contributed by atoms with Gasteiger partial charge in [0.2, 0.25) is 0 Å². The van der Waals surface area contributed by atoms with Gasteiger partial charge in [-0.15, -0.1) is 0 Å². The quantitative estimate of drug-likeness (QED) is 0.0992. The van der Waals surface area contributed by atoms with Crippen LogP contribution in [0.5, 0.6) is 0 Å². The number of rotatable bonds is 25. The summed E-state index contributed by atoms with van der Waals surface area (Å²) in [4.78, 5) is 78.3. The molecule has 0 aliphatic rings. The van der Waals surface area contributed by atoms with E-state index >= 15 is 0 Å². The lowest BCUT2D eigenvalue weighted by atomic mass is 10.1. The van der Waals surface area contributed by atoms with Gasteiger partial charge in [-0.2, -0.15) is 35.3 Å². The maximum atomic E-state index is 11.6. The van der Waals surface area contributed by atoms with E-state index in [4.69, 9.17) is 0 Å². The first-order chi connectivity index (χ1) is 18.0. The van der Waals surface area contributed by atoms with Crippen LogP contribution < -0.4 is 0 Å². The zero-order chi connectivity index (χ0) is 29.2. The number of hydrogen-bond donors (Lipinski definition) is 0. The van der Waals surface area contributed by atoms with Gasteiger partial charge in [-0.05, 0) is 51.0 Å². The van der Waals surface area contributed by atoms with Gasteiger partial charge in [-0.25, -0.2) is 0 Å². The summed E-state index contributed by atoms with van der Waals surface area (Å²) in [5, 5.41) is 0. The fourth-order valence-corrected chi connectivity index (χ4v) is 5.45. The second kappa shape index (κ2) is 27.3. The highest BCUT2D eigenvalue weighted by atomic mass is 32.2. The average molecular weight is 591 g/mol. The number of thioether (sulfide) groups is 3. The van der Waals surface area contributed by atoms with Crippen molar-refractivity contribution in [3.63, 3.8) is 0 Å². The smallest absolute Gasteiger partial charge is 0.142 e. The Morgan fingerprint density at radius 3 is 1.11 bits per heavy atom. The summed E-state index contributed by atoms with van der Waals surface area (Å²) in [5.41, 5.74) is 0. The molecule has 0 aromatic heterocycles. The van der Waals surface area contributed by atoms with Gasteiger partial charge >= 0.3 is 0 Å². The molecule has 0 bridgehead atoms. The van der Waals surface area contributed by atoms with Crippen LogP contribution in [0.2, 0.25) is 0 Å². The van der Waals surface area contributed by atoms with Crippen molar-refractivity contribution in [2.75, 3.05) is 34.5 Å². The third kappa shape index (κ3) is 31.0. The van der Waals surface area contributed by atoms with Crippen LogP contribution in [0.4, 0.5) is 0 Å². The molecule has 38 heavy (non-hydrogen) atoms. The molecule has 218 valence electrons. The molecule has 10 heteroatoms. The van der Waals surface area contributed by atoms with E-state index in [1.807, 2.05) is 0 Å². The number of hydrogen-bond acceptors (Lipinski definition) is 10. The Balaban J connectivity index is 0. The average Bonchev–Trinajstić information content (AvgIpc) is 2.82. The molecule has 0 aromatic rings. The zero-order valence-electron chi connectivity index (χ0n) is 23.6. The predicted molar refractivity (Wildman–Crippen MR) is 161 cm³/mol. The van der Waals surface area contributed by atoms with E-state index in [0.717, 1.165) is 24.3 Å². The molecular weight excluding hydrogens is 545 g/mol. The Morgan fingerprint density at radius 2 is 0.763 bits per heavy atom. The molecule has 0 atom stereocenters. The summed E-state index contributed by atoms with van der Waals surface area (Å²) in [6.45, 7) is 6.97. The second-order valence-corrected chi connectivity index (χ2v) is 12.4. The van der Waals surface area contributed by atoms with Gasteiger partial charge in [0.25, 0.3) is 0 Å². The predicted octanol–water partition coefficient (Wildman–Crippen LogP) is 5.53. The first-order valence-electron chi connectivity index (χ1n) is 13.3. The lowest BCUT2D eigenvalue weighted by molar-refractivity contribution is -0.127. The van der Waals surface area contributed by atoms with Gasteiger partial charge in [-0.1, -0.05) is 13.8 Å². The van der Waals surface area contributed by atoms with Gasteiger partial charge in [0, 0.05) is 37.9 Å². The lowest BCUT2D eigenvalue weighted by Gasteiger charge is -2.02. The normalized spacial score (nSPS) is 10.3. The van der Waals surface area contributed by atoms with Gasteiger partial charge in [-0.3, -0.25) is 33.6 Å². The van der Waals surface area contributed by atoms with Crippen molar-refractivity contribution in [3.05, 3.63) is 0 Å². The van der Waals surface area contributed by atoms with Crippen molar-refractivity contribution >= 4 is 75.8 Å². The maximum absolute atomic E-state index is 11.6. The molecule has 0 unspecified atom stereocenters. The van der Waals surface area contributed by atoms with Crippen LogP contribution in [0.1, 0.15) is 98.3 Å². The number of Topliss-reactive ketones (excluding diaryl/α,β-unsaturated/α-hetero) is 7. The SMILES string of the molecule is CCCSCC(=O)CCCC(=O)CC(C)=O.CCCSCC(=O)CCCC(=O)CSCCC(=O)CC(C)=O. The van der Waals surface area contributed by atoms with E-state index < -0.39 is 0 Å². The summed E-state index contributed by atoms with van der Waals surface area (Å²) >= 11 is 4.71. The van der Waals surface area contributed by atoms with Crippen LogP contribution >= 0.6 is 35.3 Å². The van der Waals surface area contributed by atoms with Crippen molar-refractivity contribution in [3.8, 4) is 0 Å². The van der Waals surface area contributed by atoms with E-state index in [9.17, 15) is 33.6 Å². The molecule has 0 rings (SSSR count). The number of carbonyl (C=O) groups is 7. The minimum absolute atomic E-state index is 0.00728. The van der Waals surface area contributed by atoms with E-state index in [-0.39, 0.29) is 53.3 Å². The molecule has 0 aliphatic heterocycles. The van der Waals surface area contributed by atoms with E-state index in [0.29, 0.717) is 68.0 Å². The lowest BCUT2D eigenvalue weighted by Crippen LogP contribution is -2.08. The number of ketones is 7. The van der Waals surface area contributed by atoms with Crippen LogP contribution in [0.3, 0.4) is 0 Å². The Hall–Kier alpha value is -1.26. The molecule has 0 saturated heterocycles. The summed E-state index contributed by atoms with van der Waals surface area (Å²) in [6.07, 6.45) is 5.41. The molecule has 0 aromatic carbocycles. The second-order valence-electron chi connectivity index (χ2n) is 9.07. The van der Waals surface area contributed by atoms with Crippen molar-refractivity contribution in [1.29, 1.82) is 0 Å². The fraction of sp³-hybridized carbons (Fsp3) is 0.750. The van der Waals surface area contributed by atoms with Crippen LogP contribution in [0, 0.1) is 0 Å². The molecule has 0 saturated carbocycles. The molecule has 0 radical (unpaired) electrons. The molecule has 0 aliphatic carbocycles. The Labute approximate surface area is 241 Å². The molecular formula is C28H46O7S3. The standard InChI is InChI=1S/C16H26O4S2.C12H20O3S/c1-3-8-21-11-15(19)5-4-6-16(20)12-22-9-7-14(18)10-13(2)17;1-3-7-16-9-12(15)6-4-5-11(14)8-10(2)13/h3-12H2,1-2H3;3-9H2,1-2H3. The minimum atomic E-state index is -0.118. The Bertz CT molecular complexity index is 751. The molecule has 0 N–H and O–H groups in total. The molecule has 0 heterocycles. The van der Waals surface area contributed by atoms with Gasteiger partial charge < -0.3 is 0 Å². The summed E-state index contributed by atoms with van der Waals surface area (Å²) in [6, 6.07) is 0.